The van der Waals surface area contributed by atoms with Gasteiger partial charge < -0.3 is 18.9 Å². The minimum Gasteiger partial charge on any atom is -0.468 e. The molecule has 0 unspecified atom stereocenters. The van der Waals surface area contributed by atoms with Gasteiger partial charge in [0.25, 0.3) is 0 Å². The van der Waals surface area contributed by atoms with Gasteiger partial charge >= 0.3 is 12.1 Å². The predicted molar refractivity (Wildman–Crippen MR) is 185 cm³/mol. The van der Waals surface area contributed by atoms with Gasteiger partial charge in [-0.05, 0) is 83.0 Å². The Hall–Kier alpha value is -4.50. The third kappa shape index (κ3) is 6.87. The van der Waals surface area contributed by atoms with Gasteiger partial charge in [-0.2, -0.15) is 9.97 Å². The van der Waals surface area contributed by atoms with Gasteiger partial charge in [-0.3, -0.25) is 14.9 Å². The molecule has 1 amide bonds. The highest BCUT2D eigenvalue weighted by molar-refractivity contribution is 6.00. The number of hydrogen-bond acceptors (Lipinski definition) is 10. The third-order valence-corrected chi connectivity index (χ3v) is 9.83. The molecule has 5 heterocycles. The number of hydrogen-bond donors (Lipinski definition) is 0. The molecule has 0 N–H and O–H groups in total. The van der Waals surface area contributed by atoms with Gasteiger partial charge in [0.15, 0.2) is 30.1 Å². The predicted octanol–water partition coefficient (Wildman–Crippen LogP) is 7.34. The van der Waals surface area contributed by atoms with Gasteiger partial charge in [0, 0.05) is 50.3 Å². The molecule has 278 valence electrons. The minimum atomic E-state index is -1.18. The van der Waals surface area contributed by atoms with Crippen molar-refractivity contribution < 1.29 is 41.3 Å². The van der Waals surface area contributed by atoms with E-state index in [1.54, 1.807) is 25.8 Å². The average molecular weight is 727 g/mol. The number of fused-ring (bicyclic) bond motifs is 3. The maximum atomic E-state index is 17.1. The molecule has 0 aliphatic carbocycles. The van der Waals surface area contributed by atoms with Gasteiger partial charge in [0.2, 0.25) is 0 Å². The Morgan fingerprint density at radius 2 is 1.81 bits per heavy atom. The number of anilines is 1. The number of ether oxygens (including phenoxy) is 4. The Bertz CT molecular complexity index is 2000. The molecule has 0 bridgehead atoms. The molecule has 7 rings (SSSR count). The lowest BCUT2D eigenvalue weighted by Gasteiger charge is -2.36. The molecule has 11 nitrogen and oxygen atoms in total. The Kier molecular flexibility index (Phi) is 9.76. The van der Waals surface area contributed by atoms with Crippen LogP contribution >= 0.6 is 0 Å². The number of alkyl halides is 1. The molecule has 0 saturated carbocycles. The number of methoxy groups -OCH3 is 1. The Morgan fingerprint density at radius 3 is 2.60 bits per heavy atom. The maximum absolute atomic E-state index is 17.1. The van der Waals surface area contributed by atoms with Crippen molar-refractivity contribution in [3.8, 4) is 23.0 Å². The second-order valence-corrected chi connectivity index (χ2v) is 14.6. The van der Waals surface area contributed by atoms with Gasteiger partial charge in [-0.25, -0.2) is 27.4 Å². The highest BCUT2D eigenvalue weighted by atomic mass is 19.2. The molecule has 4 aromatic rings. The smallest absolute Gasteiger partial charge is 0.429 e. The van der Waals surface area contributed by atoms with Crippen LogP contribution < -0.4 is 14.5 Å². The number of carbonyl (C=O) groups excluding carboxylic acids is 1. The molecule has 2 atom stereocenters. The summed E-state index contributed by atoms with van der Waals surface area (Å²) in [5.41, 5.74) is -1.96. The van der Waals surface area contributed by atoms with Crippen LogP contribution in [0.5, 0.6) is 11.8 Å². The van der Waals surface area contributed by atoms with Crippen LogP contribution in [0.3, 0.4) is 0 Å². The van der Waals surface area contributed by atoms with Crippen LogP contribution in [0.15, 0.2) is 30.5 Å². The summed E-state index contributed by atoms with van der Waals surface area (Å²) in [4.78, 5) is 29.4. The first-order chi connectivity index (χ1) is 24.9. The standard InChI is InChI=1S/C37H42F4N6O5/c1-36(2,3)52-35(48)47-14-7-5-6-13-46(47)33-26-18-42-31(25-16-24(51-21-49-4)15-22-9-10-27(39)29(40)28(22)25)30(41)32(26)43-34(44-33)50-20-37-11-8-12-45(37)19-23(38)17-37/h9-10,15-16,18,23H,5-8,11-14,17,19-21H2,1-4H3/t23-,37+/m1/s1. The third-order valence-electron chi connectivity index (χ3n) is 9.83. The van der Waals surface area contributed by atoms with Crippen LogP contribution in [0.25, 0.3) is 32.9 Å². The van der Waals surface area contributed by atoms with Crippen molar-refractivity contribution in [1.29, 1.82) is 0 Å². The number of benzene rings is 2. The molecule has 2 aromatic heterocycles. The van der Waals surface area contributed by atoms with Crippen molar-refractivity contribution in [2.24, 2.45) is 0 Å². The van der Waals surface area contributed by atoms with E-state index < -0.39 is 40.9 Å². The molecule has 3 aliphatic rings. The number of aromatic nitrogens is 3. The summed E-state index contributed by atoms with van der Waals surface area (Å²) in [5.74, 6) is -2.89. The summed E-state index contributed by atoms with van der Waals surface area (Å²) in [6.07, 6.45) is 3.86. The van der Waals surface area contributed by atoms with Crippen LogP contribution in [0.1, 0.15) is 59.3 Å². The molecule has 15 heteroatoms. The van der Waals surface area contributed by atoms with Crippen molar-refractivity contribution in [3.63, 3.8) is 0 Å². The summed E-state index contributed by atoms with van der Waals surface area (Å²) in [5, 5.41) is 3.27. The summed E-state index contributed by atoms with van der Waals surface area (Å²) < 4.78 is 84.5. The summed E-state index contributed by atoms with van der Waals surface area (Å²) in [7, 11) is 1.43. The van der Waals surface area contributed by atoms with Crippen LogP contribution in [-0.2, 0) is 9.47 Å². The normalized spacial score (nSPS) is 21.1. The Labute approximate surface area is 298 Å². The second kappa shape index (κ2) is 14.1. The topological polar surface area (TPSA) is 102 Å². The zero-order chi connectivity index (χ0) is 36.8. The van der Waals surface area contributed by atoms with Crippen molar-refractivity contribution in [2.75, 3.05) is 51.7 Å². The fourth-order valence-electron chi connectivity index (χ4n) is 7.55. The van der Waals surface area contributed by atoms with Crippen molar-refractivity contribution >= 4 is 33.6 Å². The van der Waals surface area contributed by atoms with E-state index in [9.17, 15) is 13.6 Å². The molecule has 52 heavy (non-hydrogen) atoms. The van der Waals surface area contributed by atoms with E-state index in [1.807, 2.05) is 0 Å². The van der Waals surface area contributed by atoms with Gasteiger partial charge in [0.1, 0.15) is 35.3 Å². The quantitative estimate of drug-likeness (QED) is 0.135. The molecule has 0 spiro atoms. The van der Waals surface area contributed by atoms with E-state index in [0.29, 0.717) is 38.9 Å². The van der Waals surface area contributed by atoms with Crippen LogP contribution in [0.2, 0.25) is 0 Å². The molecular formula is C37H42F4N6O5. The lowest BCUT2D eigenvalue weighted by molar-refractivity contribution is 0.0232. The first-order valence-corrected chi connectivity index (χ1v) is 17.6. The van der Waals surface area contributed by atoms with Gasteiger partial charge in [-0.1, -0.05) is 6.07 Å². The second-order valence-electron chi connectivity index (χ2n) is 14.6. The van der Waals surface area contributed by atoms with E-state index in [-0.39, 0.29) is 63.9 Å². The number of amides is 1. The number of carbonyl (C=O) groups is 1. The average Bonchev–Trinajstić information content (AvgIpc) is 3.50. The zero-order valence-corrected chi connectivity index (χ0v) is 29.7. The molecular weight excluding hydrogens is 684 g/mol. The van der Waals surface area contributed by atoms with E-state index in [0.717, 1.165) is 31.9 Å². The van der Waals surface area contributed by atoms with Gasteiger partial charge in [-0.15, -0.1) is 0 Å². The van der Waals surface area contributed by atoms with Crippen LogP contribution in [-0.4, -0.2) is 95.0 Å². The summed E-state index contributed by atoms with van der Waals surface area (Å²) in [6.45, 7) is 6.93. The lowest BCUT2D eigenvalue weighted by atomic mass is 9.95. The number of nitrogens with zero attached hydrogens (tertiary/aromatic N) is 6. The Balaban J connectivity index is 1.40. The van der Waals surface area contributed by atoms with E-state index in [2.05, 4.69) is 14.9 Å². The minimum absolute atomic E-state index is 0.0711. The van der Waals surface area contributed by atoms with E-state index >= 15 is 8.78 Å². The van der Waals surface area contributed by atoms with E-state index in [4.69, 9.17) is 23.9 Å². The lowest BCUT2D eigenvalue weighted by Crippen LogP contribution is -2.49. The monoisotopic (exact) mass is 726 g/mol. The number of hydrazine groups is 1. The first kappa shape index (κ1) is 35.9. The maximum Gasteiger partial charge on any atom is 0.429 e. The molecule has 3 fully saturated rings. The largest absolute Gasteiger partial charge is 0.468 e. The first-order valence-electron chi connectivity index (χ1n) is 17.6. The number of halogens is 4. The fraction of sp³-hybridized carbons (Fsp3) is 0.514. The van der Waals surface area contributed by atoms with Crippen molar-refractivity contribution in [2.45, 2.75) is 76.6 Å². The van der Waals surface area contributed by atoms with Crippen LogP contribution in [0.4, 0.5) is 28.2 Å². The number of pyridine rings is 1. The summed E-state index contributed by atoms with van der Waals surface area (Å²) in [6, 6.07) is 5.01. The Morgan fingerprint density at radius 1 is 1.00 bits per heavy atom. The zero-order valence-electron chi connectivity index (χ0n) is 29.7. The molecule has 2 aromatic carbocycles. The number of rotatable bonds is 8. The van der Waals surface area contributed by atoms with Crippen molar-refractivity contribution in [1.82, 2.24) is 24.9 Å². The fourth-order valence-corrected chi connectivity index (χ4v) is 7.55. The van der Waals surface area contributed by atoms with Gasteiger partial charge in [0.05, 0.1) is 10.9 Å². The van der Waals surface area contributed by atoms with Crippen LogP contribution in [0, 0.1) is 17.5 Å². The molecule has 3 aliphatic heterocycles. The molecule has 3 saturated heterocycles. The molecule has 0 radical (unpaired) electrons. The SMILES string of the molecule is COCOc1cc(-c2ncc3c(N4CCCCCN4C(=O)OC(C)(C)C)nc(OC[C@@]45CCCN4C[C@H](F)C5)nc3c2F)c2c(F)c(F)ccc2c1. The highest BCUT2D eigenvalue weighted by Crippen LogP contribution is 2.42. The van der Waals surface area contributed by atoms with E-state index in [1.165, 1.54) is 36.5 Å². The highest BCUT2D eigenvalue weighted by Gasteiger charge is 2.49. The van der Waals surface area contributed by atoms with Crippen molar-refractivity contribution in [3.05, 3.63) is 47.9 Å². The summed E-state index contributed by atoms with van der Waals surface area (Å²) >= 11 is 0.